The highest BCUT2D eigenvalue weighted by Crippen LogP contribution is 2.39. The van der Waals surface area contributed by atoms with Crippen molar-refractivity contribution in [3.63, 3.8) is 0 Å². The normalized spacial score (nSPS) is 27.8. The second-order valence-electron chi connectivity index (χ2n) is 6.76. The Kier molecular flexibility index (Phi) is 5.76. The van der Waals surface area contributed by atoms with E-state index in [4.69, 9.17) is 16.7 Å². The minimum atomic E-state index is 0.114. The third-order valence-electron chi connectivity index (χ3n) is 5.38. The van der Waals surface area contributed by atoms with Crippen LogP contribution in [0.25, 0.3) is 0 Å². The summed E-state index contributed by atoms with van der Waals surface area (Å²) < 4.78 is 2.35. The van der Waals surface area contributed by atoms with E-state index < -0.39 is 0 Å². The van der Waals surface area contributed by atoms with Crippen molar-refractivity contribution in [1.29, 1.82) is 0 Å². The number of hydrogen-bond donors (Lipinski definition) is 0. The van der Waals surface area contributed by atoms with Gasteiger partial charge in [0.25, 0.3) is 0 Å². The van der Waals surface area contributed by atoms with Gasteiger partial charge in [-0.05, 0) is 50.4 Å². The van der Waals surface area contributed by atoms with Crippen molar-refractivity contribution in [1.82, 2.24) is 9.78 Å². The Balaban J connectivity index is 2.37. The monoisotopic (exact) mass is 310 g/mol. The molecule has 1 saturated carbocycles. The summed E-state index contributed by atoms with van der Waals surface area (Å²) in [6, 6.07) is 0.575. The van der Waals surface area contributed by atoms with Crippen LogP contribution < -0.4 is 0 Å². The molecule has 1 aliphatic rings. The van der Waals surface area contributed by atoms with Crippen molar-refractivity contribution in [3.05, 3.63) is 17.0 Å². The van der Waals surface area contributed by atoms with Crippen LogP contribution in [0.1, 0.15) is 88.7 Å². The molecule has 2 nitrogen and oxygen atoms in total. The second-order valence-corrected chi connectivity index (χ2v) is 7.28. The van der Waals surface area contributed by atoms with Crippen LogP contribution in [0.5, 0.6) is 0 Å². The topological polar surface area (TPSA) is 17.8 Å². The summed E-state index contributed by atoms with van der Waals surface area (Å²) in [5.74, 6) is 1.65. The van der Waals surface area contributed by atoms with Crippen molar-refractivity contribution in [2.45, 2.75) is 84.6 Å². The van der Waals surface area contributed by atoms with Crippen LogP contribution in [0.4, 0.5) is 0 Å². The molecule has 0 saturated heterocycles. The lowest BCUT2D eigenvalue weighted by Crippen LogP contribution is -2.25. The van der Waals surface area contributed by atoms with E-state index in [-0.39, 0.29) is 5.38 Å². The summed E-state index contributed by atoms with van der Waals surface area (Å²) in [4.78, 5) is 0. The van der Waals surface area contributed by atoms with E-state index in [1.165, 1.54) is 36.2 Å². The molecule has 0 aromatic carbocycles. The Morgan fingerprint density at radius 1 is 1.14 bits per heavy atom. The fourth-order valence-corrected chi connectivity index (χ4v) is 4.01. The third kappa shape index (κ3) is 3.31. The molecule has 21 heavy (non-hydrogen) atoms. The van der Waals surface area contributed by atoms with E-state index in [2.05, 4.69) is 39.3 Å². The molecule has 0 radical (unpaired) electrons. The van der Waals surface area contributed by atoms with Crippen LogP contribution in [0.2, 0.25) is 0 Å². The molecule has 3 heteroatoms. The molecule has 0 aliphatic heterocycles. The number of alkyl halides is 1. The summed E-state index contributed by atoms with van der Waals surface area (Å²) in [5, 5.41) is 5.10. The van der Waals surface area contributed by atoms with E-state index in [1.54, 1.807) is 0 Å². The fraction of sp³-hybridized carbons (Fsp3) is 0.833. The number of hydrogen-bond acceptors (Lipinski definition) is 1. The first kappa shape index (κ1) is 16.9. The standard InChI is InChI=1S/C18H31ClN2/c1-6-15(19)18-16(7-2)20-21(17(18)8-3)14-10-9-12(4)13(5)11-14/h12-15H,6-11H2,1-5H3. The highest BCUT2D eigenvalue weighted by atomic mass is 35.5. The van der Waals surface area contributed by atoms with E-state index in [1.807, 2.05) is 0 Å². The van der Waals surface area contributed by atoms with Gasteiger partial charge in [0.05, 0.1) is 17.1 Å². The zero-order chi connectivity index (χ0) is 15.6. The largest absolute Gasteiger partial charge is 0.266 e. The molecule has 1 aromatic rings. The lowest BCUT2D eigenvalue weighted by Gasteiger charge is -2.33. The van der Waals surface area contributed by atoms with E-state index in [0.717, 1.165) is 31.1 Å². The average molecular weight is 311 g/mol. The molecule has 4 atom stereocenters. The first-order chi connectivity index (χ1) is 10.0. The van der Waals surface area contributed by atoms with Crippen molar-refractivity contribution >= 4 is 11.6 Å². The van der Waals surface area contributed by atoms with Crippen LogP contribution in [-0.4, -0.2) is 9.78 Å². The first-order valence-electron chi connectivity index (χ1n) is 8.77. The van der Waals surface area contributed by atoms with Gasteiger partial charge in [0.1, 0.15) is 0 Å². The molecule has 4 unspecified atom stereocenters. The van der Waals surface area contributed by atoms with Crippen LogP contribution >= 0.6 is 11.6 Å². The van der Waals surface area contributed by atoms with Crippen molar-refractivity contribution in [2.24, 2.45) is 11.8 Å². The van der Waals surface area contributed by atoms with Crippen LogP contribution in [0.3, 0.4) is 0 Å². The van der Waals surface area contributed by atoms with Crippen molar-refractivity contribution in [3.8, 4) is 0 Å². The van der Waals surface area contributed by atoms with Gasteiger partial charge in [-0.15, -0.1) is 11.6 Å². The average Bonchev–Trinajstić information content (AvgIpc) is 2.87. The molecular formula is C18H31ClN2. The predicted molar refractivity (Wildman–Crippen MR) is 91.1 cm³/mol. The van der Waals surface area contributed by atoms with Crippen molar-refractivity contribution < 1.29 is 0 Å². The van der Waals surface area contributed by atoms with Gasteiger partial charge < -0.3 is 0 Å². The molecule has 120 valence electrons. The van der Waals surface area contributed by atoms with E-state index in [9.17, 15) is 0 Å². The van der Waals surface area contributed by atoms with Gasteiger partial charge in [-0.1, -0.05) is 34.6 Å². The number of nitrogens with zero attached hydrogens (tertiary/aromatic N) is 2. The summed E-state index contributed by atoms with van der Waals surface area (Å²) in [6.45, 7) is 11.4. The van der Waals surface area contributed by atoms with Crippen LogP contribution in [-0.2, 0) is 12.8 Å². The molecular weight excluding hydrogens is 280 g/mol. The van der Waals surface area contributed by atoms with Gasteiger partial charge in [-0.25, -0.2) is 0 Å². The molecule has 0 N–H and O–H groups in total. The zero-order valence-corrected chi connectivity index (χ0v) is 15.1. The number of halogens is 1. The second kappa shape index (κ2) is 7.17. The maximum Gasteiger partial charge on any atom is 0.0671 e. The van der Waals surface area contributed by atoms with Gasteiger partial charge >= 0.3 is 0 Å². The maximum atomic E-state index is 6.61. The third-order valence-corrected chi connectivity index (χ3v) is 5.91. The van der Waals surface area contributed by atoms with E-state index in [0.29, 0.717) is 6.04 Å². The molecule has 0 amide bonds. The highest BCUT2D eigenvalue weighted by molar-refractivity contribution is 6.21. The molecule has 1 heterocycles. The van der Waals surface area contributed by atoms with Gasteiger partial charge in [0.2, 0.25) is 0 Å². The van der Waals surface area contributed by atoms with Gasteiger partial charge in [0, 0.05) is 11.3 Å². The summed E-state index contributed by atoms with van der Waals surface area (Å²) in [5.41, 5.74) is 3.94. The fourth-order valence-electron chi connectivity index (χ4n) is 3.76. The molecule has 1 aromatic heterocycles. The Morgan fingerprint density at radius 2 is 1.86 bits per heavy atom. The first-order valence-corrected chi connectivity index (χ1v) is 9.21. The predicted octanol–water partition coefficient (Wildman–Crippen LogP) is 5.70. The molecule has 0 bridgehead atoms. The molecule has 1 aliphatic carbocycles. The van der Waals surface area contributed by atoms with Crippen LogP contribution in [0.15, 0.2) is 0 Å². The number of rotatable bonds is 5. The Morgan fingerprint density at radius 3 is 2.38 bits per heavy atom. The lowest BCUT2D eigenvalue weighted by molar-refractivity contribution is 0.198. The molecule has 1 fully saturated rings. The SMILES string of the molecule is CCc1nn(C2CCC(C)C(C)C2)c(CC)c1C(Cl)CC. The van der Waals surface area contributed by atoms with Crippen molar-refractivity contribution in [2.75, 3.05) is 0 Å². The number of aromatic nitrogens is 2. The smallest absolute Gasteiger partial charge is 0.0671 e. The quantitative estimate of drug-likeness (QED) is 0.638. The van der Waals surface area contributed by atoms with Gasteiger partial charge in [0.15, 0.2) is 0 Å². The summed E-state index contributed by atoms with van der Waals surface area (Å²) in [6.07, 6.45) is 6.84. The highest BCUT2D eigenvalue weighted by Gasteiger charge is 2.30. The van der Waals surface area contributed by atoms with E-state index >= 15 is 0 Å². The minimum Gasteiger partial charge on any atom is -0.266 e. The van der Waals surface area contributed by atoms with Gasteiger partial charge in [-0.3, -0.25) is 4.68 Å². The van der Waals surface area contributed by atoms with Crippen LogP contribution in [0, 0.1) is 11.8 Å². The Hall–Kier alpha value is -0.500. The lowest BCUT2D eigenvalue weighted by atomic mass is 9.79. The summed E-state index contributed by atoms with van der Waals surface area (Å²) >= 11 is 6.61. The summed E-state index contributed by atoms with van der Waals surface area (Å²) in [7, 11) is 0. The Labute approximate surface area is 135 Å². The number of aryl methyl sites for hydroxylation is 1. The minimum absolute atomic E-state index is 0.114. The zero-order valence-electron chi connectivity index (χ0n) is 14.3. The molecule has 0 spiro atoms. The molecule has 2 rings (SSSR count). The maximum absolute atomic E-state index is 6.61. The van der Waals surface area contributed by atoms with Gasteiger partial charge in [-0.2, -0.15) is 5.10 Å². The Bertz CT molecular complexity index is 466.